The Labute approximate surface area is 216 Å². The van der Waals surface area contributed by atoms with Gasteiger partial charge in [0, 0.05) is 34.7 Å². The summed E-state index contributed by atoms with van der Waals surface area (Å²) in [5.41, 5.74) is 2.79. The van der Waals surface area contributed by atoms with E-state index in [9.17, 15) is 14.9 Å². The van der Waals surface area contributed by atoms with Gasteiger partial charge in [0.25, 0.3) is 11.6 Å². The third-order valence-electron chi connectivity index (χ3n) is 5.34. The molecule has 10 heteroatoms. The van der Waals surface area contributed by atoms with Gasteiger partial charge >= 0.3 is 0 Å². The van der Waals surface area contributed by atoms with Gasteiger partial charge in [0.1, 0.15) is 11.5 Å². The molecule has 8 nitrogen and oxygen atoms in total. The van der Waals surface area contributed by atoms with Crippen molar-refractivity contribution < 1.29 is 19.2 Å². The van der Waals surface area contributed by atoms with Gasteiger partial charge in [0.05, 0.1) is 28.9 Å². The number of ether oxygens (including phenoxy) is 2. The fraction of sp³-hybridized carbons (Fsp3) is 0.231. The first-order valence-electron chi connectivity index (χ1n) is 11.4. The standard InChI is InChI=1S/C26H25N3O5S2/c1-3-4-13-34-21-9-5-17(6-10-21)25(30)27-19-7-11-22-24(15-19)36-26(28-22)35-16-18-14-20(29(31)32)8-12-23(18)33-2/h5-12,14-15H,3-4,13,16H2,1-2H3,(H,27,30). The van der Waals surface area contributed by atoms with Crippen molar-refractivity contribution in [3.05, 3.63) is 81.9 Å². The first-order valence-corrected chi connectivity index (χ1v) is 13.2. The van der Waals surface area contributed by atoms with Crippen LogP contribution in [0.1, 0.15) is 35.7 Å². The molecule has 1 aromatic heterocycles. The Hall–Kier alpha value is -3.63. The van der Waals surface area contributed by atoms with E-state index in [1.165, 1.54) is 35.2 Å². The lowest BCUT2D eigenvalue weighted by molar-refractivity contribution is -0.384. The van der Waals surface area contributed by atoms with E-state index in [1.54, 1.807) is 37.4 Å². The van der Waals surface area contributed by atoms with Gasteiger partial charge in [-0.2, -0.15) is 0 Å². The predicted molar refractivity (Wildman–Crippen MR) is 144 cm³/mol. The Morgan fingerprint density at radius 1 is 1.14 bits per heavy atom. The largest absolute Gasteiger partial charge is 0.496 e. The number of methoxy groups -OCH3 is 1. The Balaban J connectivity index is 1.41. The van der Waals surface area contributed by atoms with Crippen molar-refractivity contribution in [3.8, 4) is 11.5 Å². The Morgan fingerprint density at radius 3 is 2.67 bits per heavy atom. The fourth-order valence-corrected chi connectivity index (χ4v) is 5.50. The molecule has 0 saturated carbocycles. The normalized spacial score (nSPS) is 10.8. The molecule has 0 spiro atoms. The highest BCUT2D eigenvalue weighted by atomic mass is 32.2. The molecule has 186 valence electrons. The minimum absolute atomic E-state index is 0.0229. The quantitative estimate of drug-likeness (QED) is 0.0983. The summed E-state index contributed by atoms with van der Waals surface area (Å²) in [7, 11) is 1.54. The van der Waals surface area contributed by atoms with Crippen molar-refractivity contribution in [2.45, 2.75) is 29.9 Å². The zero-order valence-electron chi connectivity index (χ0n) is 19.9. The molecule has 0 aliphatic rings. The van der Waals surface area contributed by atoms with Gasteiger partial charge in [-0.3, -0.25) is 14.9 Å². The molecule has 0 aliphatic carbocycles. The lowest BCUT2D eigenvalue weighted by Crippen LogP contribution is -2.11. The summed E-state index contributed by atoms with van der Waals surface area (Å²) >= 11 is 2.98. The average Bonchev–Trinajstić information content (AvgIpc) is 3.30. The van der Waals surface area contributed by atoms with Gasteiger partial charge in [0.2, 0.25) is 0 Å². The summed E-state index contributed by atoms with van der Waals surface area (Å²) in [4.78, 5) is 28.0. The Kier molecular flexibility index (Phi) is 8.40. The number of hydrogen-bond donors (Lipinski definition) is 1. The molecule has 36 heavy (non-hydrogen) atoms. The topological polar surface area (TPSA) is 104 Å². The summed E-state index contributed by atoms with van der Waals surface area (Å²) in [5, 5.41) is 14.1. The third-order valence-corrected chi connectivity index (χ3v) is 7.55. The van der Waals surface area contributed by atoms with Gasteiger partial charge in [-0.15, -0.1) is 11.3 Å². The lowest BCUT2D eigenvalue weighted by atomic mass is 10.2. The number of nitro benzene ring substituents is 1. The van der Waals surface area contributed by atoms with Crippen molar-refractivity contribution in [1.82, 2.24) is 4.98 Å². The molecule has 4 rings (SSSR count). The second kappa shape index (κ2) is 11.9. The molecular weight excluding hydrogens is 498 g/mol. The first-order chi connectivity index (χ1) is 17.5. The maximum absolute atomic E-state index is 12.7. The number of amides is 1. The predicted octanol–water partition coefficient (Wildman–Crippen LogP) is 6.94. The molecule has 3 aromatic carbocycles. The van der Waals surface area contributed by atoms with E-state index >= 15 is 0 Å². The van der Waals surface area contributed by atoms with Crippen molar-refractivity contribution in [1.29, 1.82) is 0 Å². The minimum Gasteiger partial charge on any atom is -0.496 e. The zero-order chi connectivity index (χ0) is 25.5. The molecule has 0 unspecified atom stereocenters. The van der Waals surface area contributed by atoms with E-state index in [4.69, 9.17) is 9.47 Å². The number of anilines is 1. The number of rotatable bonds is 11. The van der Waals surface area contributed by atoms with Gasteiger partial charge in [-0.25, -0.2) is 4.98 Å². The number of benzene rings is 3. The van der Waals surface area contributed by atoms with E-state index in [1.807, 2.05) is 18.2 Å². The third kappa shape index (κ3) is 6.32. The van der Waals surface area contributed by atoms with Crippen LogP contribution >= 0.6 is 23.1 Å². The number of nitrogens with zero attached hydrogens (tertiary/aromatic N) is 2. The van der Waals surface area contributed by atoms with Crippen LogP contribution in [0, 0.1) is 10.1 Å². The van der Waals surface area contributed by atoms with Crippen molar-refractivity contribution in [3.63, 3.8) is 0 Å². The van der Waals surface area contributed by atoms with Crippen LogP contribution in [0.2, 0.25) is 0 Å². The van der Waals surface area contributed by atoms with Crippen LogP contribution in [0.15, 0.2) is 65.0 Å². The number of thiazole rings is 1. The molecule has 4 aromatic rings. The van der Waals surface area contributed by atoms with Crippen molar-refractivity contribution in [2.75, 3.05) is 19.0 Å². The van der Waals surface area contributed by atoms with Crippen molar-refractivity contribution >= 4 is 50.6 Å². The van der Waals surface area contributed by atoms with E-state index in [0.29, 0.717) is 29.4 Å². The molecule has 0 aliphatic heterocycles. The Morgan fingerprint density at radius 2 is 1.94 bits per heavy atom. The van der Waals surface area contributed by atoms with Gasteiger partial charge in [-0.1, -0.05) is 25.1 Å². The average molecular weight is 524 g/mol. The monoisotopic (exact) mass is 523 g/mol. The first kappa shape index (κ1) is 25.5. The molecule has 1 heterocycles. The number of unbranched alkanes of at least 4 members (excludes halogenated alkanes) is 1. The molecule has 0 saturated heterocycles. The summed E-state index contributed by atoms with van der Waals surface area (Å²) in [6.07, 6.45) is 2.06. The van der Waals surface area contributed by atoms with Crippen LogP contribution < -0.4 is 14.8 Å². The maximum atomic E-state index is 12.7. The molecule has 0 fully saturated rings. The number of nitro groups is 1. The minimum atomic E-state index is -0.420. The van der Waals surface area contributed by atoms with E-state index < -0.39 is 4.92 Å². The molecule has 1 N–H and O–H groups in total. The van der Waals surface area contributed by atoms with Crippen LogP contribution in [0.4, 0.5) is 11.4 Å². The van der Waals surface area contributed by atoms with Crippen LogP contribution in [-0.4, -0.2) is 29.5 Å². The highest BCUT2D eigenvalue weighted by Crippen LogP contribution is 2.35. The van der Waals surface area contributed by atoms with Crippen LogP contribution in [-0.2, 0) is 5.75 Å². The molecule has 0 radical (unpaired) electrons. The second-order valence-corrected chi connectivity index (χ2v) is 10.1. The van der Waals surface area contributed by atoms with E-state index in [2.05, 4.69) is 17.2 Å². The SMILES string of the molecule is CCCCOc1ccc(C(=O)Nc2ccc3nc(SCc4cc([N+](=O)[O-])ccc4OC)sc3c2)cc1. The summed E-state index contributed by atoms with van der Waals surface area (Å²) in [6, 6.07) is 17.2. The number of nitrogens with one attached hydrogen (secondary N) is 1. The number of non-ortho nitro benzene ring substituents is 1. The number of thioether (sulfide) groups is 1. The lowest BCUT2D eigenvalue weighted by Gasteiger charge is -2.07. The number of hydrogen-bond acceptors (Lipinski definition) is 8. The maximum Gasteiger partial charge on any atom is 0.270 e. The van der Waals surface area contributed by atoms with Gasteiger partial charge in [-0.05, 0) is 55.0 Å². The van der Waals surface area contributed by atoms with Crippen LogP contribution in [0.5, 0.6) is 11.5 Å². The molecule has 0 bridgehead atoms. The van der Waals surface area contributed by atoms with E-state index in [0.717, 1.165) is 38.7 Å². The fourth-order valence-electron chi connectivity index (χ4n) is 3.41. The second-order valence-electron chi connectivity index (χ2n) is 7.88. The summed E-state index contributed by atoms with van der Waals surface area (Å²) < 4.78 is 12.7. The number of aromatic nitrogens is 1. The van der Waals surface area contributed by atoms with Crippen molar-refractivity contribution in [2.24, 2.45) is 0 Å². The Bertz CT molecular complexity index is 1370. The molecular formula is C26H25N3O5S2. The van der Waals surface area contributed by atoms with Crippen LogP contribution in [0.3, 0.4) is 0 Å². The molecule has 1 amide bonds. The molecule has 0 atom stereocenters. The number of carbonyl (C=O) groups excluding carboxylic acids is 1. The van der Waals surface area contributed by atoms with Gasteiger partial charge in [0.15, 0.2) is 4.34 Å². The highest BCUT2D eigenvalue weighted by molar-refractivity contribution is 8.00. The zero-order valence-corrected chi connectivity index (χ0v) is 21.5. The highest BCUT2D eigenvalue weighted by Gasteiger charge is 2.14. The summed E-state index contributed by atoms with van der Waals surface area (Å²) in [6.45, 7) is 2.77. The smallest absolute Gasteiger partial charge is 0.270 e. The number of fused-ring (bicyclic) bond motifs is 1. The van der Waals surface area contributed by atoms with Gasteiger partial charge < -0.3 is 14.8 Å². The number of carbonyl (C=O) groups is 1. The van der Waals surface area contributed by atoms with Crippen LogP contribution in [0.25, 0.3) is 10.2 Å². The summed E-state index contributed by atoms with van der Waals surface area (Å²) in [5.74, 6) is 1.62. The van der Waals surface area contributed by atoms with E-state index in [-0.39, 0.29) is 11.6 Å².